The molecule has 1 aliphatic heterocycles. The minimum atomic E-state index is 0.616. The van der Waals surface area contributed by atoms with Crippen molar-refractivity contribution in [2.45, 2.75) is 193 Å². The lowest BCUT2D eigenvalue weighted by atomic mass is 9.99. The van der Waals surface area contributed by atoms with E-state index in [1.54, 1.807) is 0 Å². The fourth-order valence-corrected chi connectivity index (χ4v) is 7.73. The fourth-order valence-electron chi connectivity index (χ4n) is 7.73. The SMILES string of the molecule is CCCCCC=CCC=CCCCCCCCCC(CCCCCCCCC=CCC=CCCCCC)NCC1CN(CCN(C)C)CCN1CCN(C)C. The van der Waals surface area contributed by atoms with Crippen LogP contribution in [0, 0.1) is 0 Å². The van der Waals surface area contributed by atoms with Crippen LogP contribution in [0.25, 0.3) is 0 Å². The normalized spacial score (nSPS) is 16.8. The van der Waals surface area contributed by atoms with E-state index in [0.29, 0.717) is 12.1 Å². The minimum Gasteiger partial charge on any atom is -0.312 e. The lowest BCUT2D eigenvalue weighted by Gasteiger charge is -2.42. The van der Waals surface area contributed by atoms with Gasteiger partial charge in [-0.15, -0.1) is 0 Å². The predicted octanol–water partition coefficient (Wildman–Crippen LogP) is 12.5. The van der Waals surface area contributed by atoms with Gasteiger partial charge in [-0.2, -0.15) is 0 Å². The molecule has 0 aliphatic carbocycles. The van der Waals surface area contributed by atoms with Crippen molar-refractivity contribution in [2.24, 2.45) is 0 Å². The summed E-state index contributed by atoms with van der Waals surface area (Å²) >= 11 is 0. The van der Waals surface area contributed by atoms with E-state index in [4.69, 9.17) is 0 Å². The molecule has 0 aromatic carbocycles. The van der Waals surface area contributed by atoms with E-state index in [2.05, 4.69) is 116 Å². The molecule has 55 heavy (non-hydrogen) atoms. The van der Waals surface area contributed by atoms with Gasteiger partial charge < -0.3 is 15.1 Å². The van der Waals surface area contributed by atoms with Crippen LogP contribution in [0.5, 0.6) is 0 Å². The molecule has 322 valence electrons. The van der Waals surface area contributed by atoms with E-state index in [9.17, 15) is 0 Å². The maximum atomic E-state index is 4.18. The maximum absolute atomic E-state index is 4.18. The first kappa shape index (κ1) is 51.8. The Hall–Kier alpha value is -1.24. The molecule has 1 fully saturated rings. The van der Waals surface area contributed by atoms with Crippen LogP contribution >= 0.6 is 0 Å². The largest absolute Gasteiger partial charge is 0.312 e. The van der Waals surface area contributed by atoms with Crippen molar-refractivity contribution < 1.29 is 0 Å². The number of allylic oxidation sites excluding steroid dienone is 8. The number of unbranched alkanes of at least 4 members (excludes halogenated alkanes) is 18. The zero-order valence-corrected chi connectivity index (χ0v) is 38.1. The van der Waals surface area contributed by atoms with E-state index < -0.39 is 0 Å². The summed E-state index contributed by atoms with van der Waals surface area (Å²) in [5, 5.41) is 4.18. The number of piperazine rings is 1. The summed E-state index contributed by atoms with van der Waals surface area (Å²) in [4.78, 5) is 10.2. The molecule has 0 amide bonds. The van der Waals surface area contributed by atoms with E-state index in [-0.39, 0.29) is 0 Å². The Kier molecular flexibility index (Phi) is 37.3. The monoisotopic (exact) mass is 768 g/mol. The summed E-state index contributed by atoms with van der Waals surface area (Å²) in [6, 6.07) is 1.29. The van der Waals surface area contributed by atoms with Crippen molar-refractivity contribution in [3.05, 3.63) is 48.6 Å². The molecule has 1 aliphatic rings. The third kappa shape index (κ3) is 34.5. The molecule has 1 unspecified atom stereocenters. The van der Waals surface area contributed by atoms with Gasteiger partial charge in [-0.3, -0.25) is 9.80 Å². The first-order chi connectivity index (χ1) is 27.0. The number of hydrogen-bond acceptors (Lipinski definition) is 5. The van der Waals surface area contributed by atoms with E-state index in [0.717, 1.165) is 32.5 Å². The van der Waals surface area contributed by atoms with Crippen LogP contribution in [0.4, 0.5) is 0 Å². The first-order valence-corrected chi connectivity index (χ1v) is 24.0. The molecule has 0 bridgehead atoms. The van der Waals surface area contributed by atoms with E-state index in [1.807, 2.05) is 0 Å². The maximum Gasteiger partial charge on any atom is 0.0349 e. The molecule has 0 aromatic heterocycles. The van der Waals surface area contributed by atoms with Gasteiger partial charge in [0.05, 0.1) is 0 Å². The quantitative estimate of drug-likeness (QED) is 0.0496. The number of hydrogen-bond donors (Lipinski definition) is 1. The van der Waals surface area contributed by atoms with Gasteiger partial charge in [0.25, 0.3) is 0 Å². The van der Waals surface area contributed by atoms with Crippen molar-refractivity contribution in [3.63, 3.8) is 0 Å². The molecule has 1 saturated heterocycles. The second kappa shape index (κ2) is 39.6. The standard InChI is InChI=1S/C50H97N5/c1-7-9-11-13-15-17-19-21-23-25-27-29-31-33-35-37-39-49(40-38-36-34-32-30-28-26-24-22-20-18-16-14-12-10-8-2)51-47-50-48-54(43-41-52(3)4)44-46-55(50)45-42-53(5)6/h15-18,21-24,49-51H,7-14,19-20,25-48H2,1-6H3. The molecule has 1 rings (SSSR count). The van der Waals surface area contributed by atoms with Gasteiger partial charge in [0.15, 0.2) is 0 Å². The summed E-state index contributed by atoms with van der Waals surface area (Å²) in [6.07, 6.45) is 53.7. The molecule has 1 N–H and O–H groups in total. The van der Waals surface area contributed by atoms with Crippen molar-refractivity contribution >= 4 is 0 Å². The van der Waals surface area contributed by atoms with Gasteiger partial charge in [0, 0.05) is 64.4 Å². The fraction of sp³-hybridized carbons (Fsp3) is 0.840. The Labute approximate surface area is 345 Å². The zero-order chi connectivity index (χ0) is 39.9. The van der Waals surface area contributed by atoms with E-state index >= 15 is 0 Å². The third-order valence-electron chi connectivity index (χ3n) is 11.5. The molecular weight excluding hydrogens is 671 g/mol. The Bertz CT molecular complexity index is 860. The second-order valence-corrected chi connectivity index (χ2v) is 17.4. The van der Waals surface area contributed by atoms with Crippen molar-refractivity contribution in [1.82, 2.24) is 24.9 Å². The minimum absolute atomic E-state index is 0.616. The third-order valence-corrected chi connectivity index (χ3v) is 11.5. The highest BCUT2D eigenvalue weighted by atomic mass is 15.3. The number of rotatable bonds is 39. The summed E-state index contributed by atoms with van der Waals surface area (Å²) in [7, 11) is 8.85. The van der Waals surface area contributed by atoms with Gasteiger partial charge in [-0.1, -0.05) is 152 Å². The second-order valence-electron chi connectivity index (χ2n) is 17.4. The number of nitrogens with zero attached hydrogens (tertiary/aromatic N) is 4. The molecule has 5 nitrogen and oxygen atoms in total. The molecular formula is C50H97N5. The highest BCUT2D eigenvalue weighted by molar-refractivity contribution is 4.93. The average molecular weight is 768 g/mol. The van der Waals surface area contributed by atoms with E-state index in [1.165, 1.54) is 187 Å². The highest BCUT2D eigenvalue weighted by Crippen LogP contribution is 2.17. The Balaban J connectivity index is 2.44. The molecule has 5 heteroatoms. The van der Waals surface area contributed by atoms with Gasteiger partial charge in [0.2, 0.25) is 0 Å². The van der Waals surface area contributed by atoms with Crippen LogP contribution in [-0.2, 0) is 0 Å². The summed E-state index contributed by atoms with van der Waals surface area (Å²) in [5.74, 6) is 0. The summed E-state index contributed by atoms with van der Waals surface area (Å²) < 4.78 is 0. The number of nitrogens with one attached hydrogen (secondary N) is 1. The lowest BCUT2D eigenvalue weighted by Crippen LogP contribution is -2.58. The lowest BCUT2D eigenvalue weighted by molar-refractivity contribution is 0.0635. The van der Waals surface area contributed by atoms with Gasteiger partial charge in [-0.25, -0.2) is 0 Å². The molecule has 0 spiro atoms. The first-order valence-electron chi connectivity index (χ1n) is 24.0. The molecule has 0 radical (unpaired) electrons. The summed E-state index contributed by atoms with van der Waals surface area (Å²) in [6.45, 7) is 14.0. The zero-order valence-electron chi connectivity index (χ0n) is 38.1. The smallest absolute Gasteiger partial charge is 0.0349 e. The summed E-state index contributed by atoms with van der Waals surface area (Å²) in [5.41, 5.74) is 0. The average Bonchev–Trinajstić information content (AvgIpc) is 3.17. The van der Waals surface area contributed by atoms with Crippen LogP contribution in [0.2, 0.25) is 0 Å². The van der Waals surface area contributed by atoms with Crippen molar-refractivity contribution in [1.29, 1.82) is 0 Å². The molecule has 1 atom stereocenters. The van der Waals surface area contributed by atoms with Crippen LogP contribution < -0.4 is 5.32 Å². The Morgan fingerprint density at radius 3 is 1.38 bits per heavy atom. The topological polar surface area (TPSA) is 25.0 Å². The van der Waals surface area contributed by atoms with Gasteiger partial charge >= 0.3 is 0 Å². The van der Waals surface area contributed by atoms with Gasteiger partial charge in [0.1, 0.15) is 0 Å². The molecule has 0 aromatic rings. The molecule has 1 heterocycles. The van der Waals surface area contributed by atoms with Crippen LogP contribution in [-0.4, -0.2) is 112 Å². The van der Waals surface area contributed by atoms with Crippen LogP contribution in [0.15, 0.2) is 48.6 Å². The van der Waals surface area contributed by atoms with Crippen LogP contribution in [0.3, 0.4) is 0 Å². The van der Waals surface area contributed by atoms with Crippen molar-refractivity contribution in [2.75, 3.05) is 80.5 Å². The predicted molar refractivity (Wildman–Crippen MR) is 249 cm³/mol. The number of likely N-dealkylation sites (N-methyl/N-ethyl adjacent to an activating group) is 2. The Morgan fingerprint density at radius 2 is 0.927 bits per heavy atom. The molecule has 0 saturated carbocycles. The van der Waals surface area contributed by atoms with Crippen molar-refractivity contribution in [3.8, 4) is 0 Å². The highest BCUT2D eigenvalue weighted by Gasteiger charge is 2.27. The Morgan fingerprint density at radius 1 is 0.509 bits per heavy atom. The van der Waals surface area contributed by atoms with Gasteiger partial charge in [-0.05, 0) is 105 Å². The van der Waals surface area contributed by atoms with Crippen LogP contribution in [0.1, 0.15) is 181 Å².